The summed E-state index contributed by atoms with van der Waals surface area (Å²) in [5.41, 5.74) is 7.28. The lowest BCUT2D eigenvalue weighted by molar-refractivity contribution is 0.0544. The van der Waals surface area contributed by atoms with Crippen molar-refractivity contribution < 1.29 is 9.53 Å². The van der Waals surface area contributed by atoms with Crippen molar-refractivity contribution in [1.82, 2.24) is 4.57 Å². The smallest absolute Gasteiger partial charge is 0.418 e. The molecule has 0 fully saturated rings. The zero-order valence-corrected chi connectivity index (χ0v) is 11.8. The van der Waals surface area contributed by atoms with Crippen LogP contribution in [0.1, 0.15) is 39.3 Å². The number of ether oxygens (including phenoxy) is 1. The van der Waals surface area contributed by atoms with E-state index in [0.717, 1.165) is 16.5 Å². The summed E-state index contributed by atoms with van der Waals surface area (Å²) in [5, 5.41) is 0.989. The monoisotopic (exact) mass is 260 g/mol. The van der Waals surface area contributed by atoms with Crippen LogP contribution in [0.5, 0.6) is 0 Å². The van der Waals surface area contributed by atoms with E-state index >= 15 is 0 Å². The summed E-state index contributed by atoms with van der Waals surface area (Å²) in [6.45, 7) is 7.48. The normalized spacial score (nSPS) is 13.5. The molecule has 1 aromatic heterocycles. The van der Waals surface area contributed by atoms with Crippen LogP contribution in [0.15, 0.2) is 30.5 Å². The first-order valence-electron chi connectivity index (χ1n) is 6.38. The van der Waals surface area contributed by atoms with E-state index in [9.17, 15) is 4.79 Å². The molecular weight excluding hydrogens is 240 g/mol. The van der Waals surface area contributed by atoms with E-state index < -0.39 is 5.60 Å². The topological polar surface area (TPSA) is 57.2 Å². The third-order valence-electron chi connectivity index (χ3n) is 2.85. The first-order chi connectivity index (χ1) is 8.79. The molecule has 0 aliphatic carbocycles. The molecule has 102 valence electrons. The Morgan fingerprint density at radius 2 is 2.00 bits per heavy atom. The van der Waals surface area contributed by atoms with Gasteiger partial charge in [-0.3, -0.25) is 4.57 Å². The summed E-state index contributed by atoms with van der Waals surface area (Å²) < 4.78 is 6.90. The van der Waals surface area contributed by atoms with Crippen LogP contribution in [0, 0.1) is 0 Å². The van der Waals surface area contributed by atoms with Gasteiger partial charge in [-0.1, -0.05) is 12.1 Å². The van der Waals surface area contributed by atoms with Gasteiger partial charge in [-0.2, -0.15) is 0 Å². The predicted octanol–water partition coefficient (Wildman–Crippen LogP) is 3.44. The number of rotatable bonds is 1. The van der Waals surface area contributed by atoms with Gasteiger partial charge in [0.1, 0.15) is 5.60 Å². The molecule has 2 rings (SSSR count). The van der Waals surface area contributed by atoms with E-state index in [1.165, 1.54) is 4.57 Å². The van der Waals surface area contributed by atoms with E-state index in [1.807, 2.05) is 52.0 Å². The number of carbonyl (C=O) groups excluding carboxylic acids is 1. The van der Waals surface area contributed by atoms with Crippen molar-refractivity contribution >= 4 is 17.0 Å². The molecule has 0 aliphatic rings. The van der Waals surface area contributed by atoms with Gasteiger partial charge in [0.25, 0.3) is 0 Å². The number of fused-ring (bicyclic) bond motifs is 1. The molecular formula is C15H20N2O2. The van der Waals surface area contributed by atoms with E-state index in [2.05, 4.69) is 0 Å². The van der Waals surface area contributed by atoms with E-state index in [-0.39, 0.29) is 12.1 Å². The van der Waals surface area contributed by atoms with Crippen molar-refractivity contribution in [3.05, 3.63) is 36.0 Å². The SMILES string of the molecule is C[C@@H](N)c1cccc2c1ccn2C(=O)OC(C)(C)C. The Morgan fingerprint density at radius 1 is 1.32 bits per heavy atom. The number of benzene rings is 1. The van der Waals surface area contributed by atoms with Crippen LogP contribution in [-0.2, 0) is 4.74 Å². The quantitative estimate of drug-likeness (QED) is 0.854. The third kappa shape index (κ3) is 2.79. The maximum absolute atomic E-state index is 12.1. The summed E-state index contributed by atoms with van der Waals surface area (Å²) in [6, 6.07) is 7.61. The molecule has 0 unspecified atom stereocenters. The molecule has 1 aromatic carbocycles. The van der Waals surface area contributed by atoms with Crippen LogP contribution >= 0.6 is 0 Å². The van der Waals surface area contributed by atoms with Gasteiger partial charge in [0, 0.05) is 17.6 Å². The molecule has 0 saturated heterocycles. The first kappa shape index (κ1) is 13.6. The van der Waals surface area contributed by atoms with Crippen LogP contribution in [0.4, 0.5) is 4.79 Å². The third-order valence-corrected chi connectivity index (χ3v) is 2.85. The number of carbonyl (C=O) groups is 1. The molecule has 2 aromatic rings. The maximum atomic E-state index is 12.1. The van der Waals surface area contributed by atoms with E-state index in [1.54, 1.807) is 6.20 Å². The molecule has 0 spiro atoms. The van der Waals surface area contributed by atoms with Crippen LogP contribution < -0.4 is 5.73 Å². The average Bonchev–Trinajstić information content (AvgIpc) is 2.69. The number of nitrogens with two attached hydrogens (primary N) is 1. The Balaban J connectivity index is 2.47. The number of hydrogen-bond donors (Lipinski definition) is 1. The van der Waals surface area contributed by atoms with E-state index in [4.69, 9.17) is 10.5 Å². The molecule has 2 N–H and O–H groups in total. The highest BCUT2D eigenvalue weighted by Gasteiger charge is 2.19. The van der Waals surface area contributed by atoms with E-state index in [0.29, 0.717) is 0 Å². The Hall–Kier alpha value is -1.81. The van der Waals surface area contributed by atoms with Crippen LogP contribution in [-0.4, -0.2) is 16.3 Å². The fraction of sp³-hybridized carbons (Fsp3) is 0.400. The Morgan fingerprint density at radius 3 is 2.58 bits per heavy atom. The lowest BCUT2D eigenvalue weighted by atomic mass is 10.0. The van der Waals surface area contributed by atoms with Gasteiger partial charge in [-0.25, -0.2) is 4.79 Å². The first-order valence-corrected chi connectivity index (χ1v) is 6.38. The lowest BCUT2D eigenvalue weighted by Crippen LogP contribution is -2.26. The second kappa shape index (κ2) is 4.70. The fourth-order valence-corrected chi connectivity index (χ4v) is 2.06. The van der Waals surface area contributed by atoms with Crippen LogP contribution in [0.25, 0.3) is 10.9 Å². The molecule has 4 nitrogen and oxygen atoms in total. The highest BCUT2D eigenvalue weighted by molar-refractivity contribution is 5.91. The van der Waals surface area contributed by atoms with Gasteiger partial charge in [-0.15, -0.1) is 0 Å². The number of nitrogens with zero attached hydrogens (tertiary/aromatic N) is 1. The number of hydrogen-bond acceptors (Lipinski definition) is 3. The molecule has 1 atom stereocenters. The lowest BCUT2D eigenvalue weighted by Gasteiger charge is -2.19. The Labute approximate surface area is 113 Å². The van der Waals surface area contributed by atoms with Crippen LogP contribution in [0.3, 0.4) is 0 Å². The van der Waals surface area contributed by atoms with Crippen molar-refractivity contribution in [3.63, 3.8) is 0 Å². The summed E-state index contributed by atoms with van der Waals surface area (Å²) in [7, 11) is 0. The minimum absolute atomic E-state index is 0.0711. The van der Waals surface area contributed by atoms with Gasteiger partial charge < -0.3 is 10.5 Å². The van der Waals surface area contributed by atoms with Crippen molar-refractivity contribution in [3.8, 4) is 0 Å². The molecule has 0 aliphatic heterocycles. The molecule has 4 heteroatoms. The van der Waals surface area contributed by atoms with Gasteiger partial charge in [-0.05, 0) is 45.4 Å². The summed E-state index contributed by atoms with van der Waals surface area (Å²) in [4.78, 5) is 12.1. The highest BCUT2D eigenvalue weighted by Crippen LogP contribution is 2.24. The number of aromatic nitrogens is 1. The fourth-order valence-electron chi connectivity index (χ4n) is 2.06. The largest absolute Gasteiger partial charge is 0.443 e. The van der Waals surface area contributed by atoms with Crippen molar-refractivity contribution in [2.24, 2.45) is 5.73 Å². The zero-order valence-electron chi connectivity index (χ0n) is 11.8. The standard InChI is InChI=1S/C15H20N2O2/c1-10(16)11-6-5-7-13-12(11)8-9-17(13)14(18)19-15(2,3)4/h5-10H,16H2,1-4H3/t10-/m1/s1. The van der Waals surface area contributed by atoms with Gasteiger partial charge in [0.15, 0.2) is 0 Å². The zero-order chi connectivity index (χ0) is 14.2. The summed E-state index contributed by atoms with van der Waals surface area (Å²) in [6.07, 6.45) is 1.36. The molecule has 0 radical (unpaired) electrons. The molecule has 0 amide bonds. The molecule has 1 heterocycles. The highest BCUT2D eigenvalue weighted by atomic mass is 16.6. The Bertz CT molecular complexity index is 606. The second-order valence-corrected chi connectivity index (χ2v) is 5.73. The van der Waals surface area contributed by atoms with Crippen molar-refractivity contribution in [1.29, 1.82) is 0 Å². The van der Waals surface area contributed by atoms with Crippen molar-refractivity contribution in [2.75, 3.05) is 0 Å². The molecule has 0 saturated carbocycles. The van der Waals surface area contributed by atoms with Crippen LogP contribution in [0.2, 0.25) is 0 Å². The van der Waals surface area contributed by atoms with Crippen molar-refractivity contribution in [2.45, 2.75) is 39.3 Å². The second-order valence-electron chi connectivity index (χ2n) is 5.73. The van der Waals surface area contributed by atoms with Gasteiger partial charge >= 0.3 is 6.09 Å². The molecule has 19 heavy (non-hydrogen) atoms. The molecule has 0 bridgehead atoms. The maximum Gasteiger partial charge on any atom is 0.418 e. The summed E-state index contributed by atoms with van der Waals surface area (Å²) in [5.74, 6) is 0. The Kier molecular flexibility index (Phi) is 3.37. The summed E-state index contributed by atoms with van der Waals surface area (Å²) >= 11 is 0. The minimum atomic E-state index is -0.507. The minimum Gasteiger partial charge on any atom is -0.443 e. The average molecular weight is 260 g/mol. The van der Waals surface area contributed by atoms with Gasteiger partial charge in [0.2, 0.25) is 0 Å². The predicted molar refractivity (Wildman–Crippen MR) is 76.2 cm³/mol. The van der Waals surface area contributed by atoms with Gasteiger partial charge in [0.05, 0.1) is 5.52 Å².